The number of aliphatic hydroxyl groups excluding tert-OH is 1. The predicted molar refractivity (Wildman–Crippen MR) is 61.1 cm³/mol. The number of hydrogen-bond donors (Lipinski definition) is 1. The van der Waals surface area contributed by atoms with E-state index in [4.69, 9.17) is 9.84 Å². The van der Waals surface area contributed by atoms with Crippen molar-refractivity contribution in [2.45, 2.75) is 12.8 Å². The second-order valence-electron chi connectivity index (χ2n) is 2.80. The van der Waals surface area contributed by atoms with Gasteiger partial charge in [-0.05, 0) is 53.1 Å². The zero-order valence-electron chi connectivity index (χ0n) is 7.59. The fourth-order valence-corrected chi connectivity index (χ4v) is 1.95. The lowest BCUT2D eigenvalue weighted by atomic mass is 10.1. The van der Waals surface area contributed by atoms with Crippen LogP contribution < -0.4 is 4.74 Å². The van der Waals surface area contributed by atoms with Crippen molar-refractivity contribution >= 4 is 22.6 Å². The van der Waals surface area contributed by atoms with Gasteiger partial charge >= 0.3 is 0 Å². The third-order valence-corrected chi connectivity index (χ3v) is 2.68. The molecule has 0 aliphatic carbocycles. The molecule has 0 atom stereocenters. The van der Waals surface area contributed by atoms with E-state index in [1.165, 1.54) is 5.56 Å². The van der Waals surface area contributed by atoms with Gasteiger partial charge in [-0.1, -0.05) is 6.07 Å². The molecule has 1 N–H and O–H groups in total. The number of benzene rings is 1. The molecule has 0 saturated heterocycles. The molecule has 72 valence electrons. The molecule has 1 aromatic rings. The number of ether oxygens (including phenoxy) is 1. The molecule has 1 aromatic carbocycles. The van der Waals surface area contributed by atoms with E-state index in [0.29, 0.717) is 0 Å². The molecule has 0 radical (unpaired) electrons. The molecule has 0 aliphatic heterocycles. The Morgan fingerprint density at radius 3 is 2.77 bits per heavy atom. The maximum Gasteiger partial charge on any atom is 0.132 e. The van der Waals surface area contributed by atoms with Crippen LogP contribution in [0.5, 0.6) is 5.75 Å². The van der Waals surface area contributed by atoms with E-state index < -0.39 is 0 Å². The Morgan fingerprint density at radius 1 is 1.46 bits per heavy atom. The van der Waals surface area contributed by atoms with Gasteiger partial charge in [-0.3, -0.25) is 0 Å². The van der Waals surface area contributed by atoms with Gasteiger partial charge in [0.25, 0.3) is 0 Å². The Labute approximate surface area is 92.1 Å². The van der Waals surface area contributed by atoms with Gasteiger partial charge in [-0.25, -0.2) is 0 Å². The van der Waals surface area contributed by atoms with Crippen molar-refractivity contribution in [3.63, 3.8) is 0 Å². The lowest BCUT2D eigenvalue weighted by Gasteiger charge is -2.05. The first-order chi connectivity index (χ1) is 6.27. The molecule has 0 fully saturated rings. The van der Waals surface area contributed by atoms with Crippen molar-refractivity contribution in [1.82, 2.24) is 0 Å². The molecule has 13 heavy (non-hydrogen) atoms. The van der Waals surface area contributed by atoms with Crippen LogP contribution in [0.25, 0.3) is 0 Å². The van der Waals surface area contributed by atoms with E-state index >= 15 is 0 Å². The highest BCUT2D eigenvalue weighted by Gasteiger charge is 2.00. The normalized spacial score (nSPS) is 10.1. The third-order valence-electron chi connectivity index (χ3n) is 1.84. The summed E-state index contributed by atoms with van der Waals surface area (Å²) in [6.45, 7) is 0.253. The topological polar surface area (TPSA) is 29.5 Å². The number of rotatable bonds is 4. The zero-order chi connectivity index (χ0) is 9.68. The summed E-state index contributed by atoms with van der Waals surface area (Å²) in [4.78, 5) is 0. The molecule has 0 saturated carbocycles. The van der Waals surface area contributed by atoms with Crippen LogP contribution in [0.3, 0.4) is 0 Å². The fourth-order valence-electron chi connectivity index (χ4n) is 1.15. The zero-order valence-corrected chi connectivity index (χ0v) is 9.74. The summed E-state index contributed by atoms with van der Waals surface area (Å²) >= 11 is 2.25. The Morgan fingerprint density at radius 2 is 2.23 bits per heavy atom. The SMILES string of the molecule is COc1ccc(CCCO)cc1I. The smallest absolute Gasteiger partial charge is 0.132 e. The minimum Gasteiger partial charge on any atom is -0.496 e. The van der Waals surface area contributed by atoms with Crippen molar-refractivity contribution in [2.24, 2.45) is 0 Å². The van der Waals surface area contributed by atoms with Crippen molar-refractivity contribution in [2.75, 3.05) is 13.7 Å². The largest absolute Gasteiger partial charge is 0.496 e. The Hall–Kier alpha value is -0.290. The summed E-state index contributed by atoms with van der Waals surface area (Å²) in [6.07, 6.45) is 1.75. The number of aryl methyl sites for hydroxylation is 1. The number of methoxy groups -OCH3 is 1. The van der Waals surface area contributed by atoms with Crippen LogP contribution in [0.4, 0.5) is 0 Å². The number of hydrogen-bond acceptors (Lipinski definition) is 2. The van der Waals surface area contributed by atoms with Crippen LogP contribution in [0.2, 0.25) is 0 Å². The van der Waals surface area contributed by atoms with Crippen LogP contribution >= 0.6 is 22.6 Å². The van der Waals surface area contributed by atoms with Gasteiger partial charge < -0.3 is 9.84 Å². The molecule has 0 amide bonds. The molecule has 0 aliphatic rings. The Kier molecular flexibility index (Phi) is 4.52. The predicted octanol–water partition coefficient (Wildman–Crippen LogP) is 2.22. The molecular weight excluding hydrogens is 279 g/mol. The maximum atomic E-state index is 8.67. The summed E-state index contributed by atoms with van der Waals surface area (Å²) in [5.41, 5.74) is 1.25. The summed E-state index contributed by atoms with van der Waals surface area (Å²) in [5, 5.41) is 8.67. The third kappa shape index (κ3) is 3.15. The van der Waals surface area contributed by atoms with Gasteiger partial charge in [0.1, 0.15) is 5.75 Å². The molecule has 0 bridgehead atoms. The summed E-state index contributed by atoms with van der Waals surface area (Å²) < 4.78 is 6.27. The van der Waals surface area contributed by atoms with Gasteiger partial charge in [-0.15, -0.1) is 0 Å². The van der Waals surface area contributed by atoms with Crippen LogP contribution in [-0.4, -0.2) is 18.8 Å². The minimum absolute atomic E-state index is 0.253. The Bertz CT molecular complexity index is 274. The summed E-state index contributed by atoms with van der Waals surface area (Å²) in [5.74, 6) is 0.911. The first-order valence-corrected chi connectivity index (χ1v) is 5.29. The van der Waals surface area contributed by atoms with E-state index in [1.54, 1.807) is 7.11 Å². The molecule has 3 heteroatoms. The van der Waals surface area contributed by atoms with Gasteiger partial charge in [-0.2, -0.15) is 0 Å². The van der Waals surface area contributed by atoms with Gasteiger partial charge in [0.05, 0.1) is 10.7 Å². The van der Waals surface area contributed by atoms with Crippen LogP contribution in [0.15, 0.2) is 18.2 Å². The van der Waals surface area contributed by atoms with E-state index in [-0.39, 0.29) is 6.61 Å². The second kappa shape index (κ2) is 5.44. The molecule has 2 nitrogen and oxygen atoms in total. The van der Waals surface area contributed by atoms with Crippen LogP contribution in [-0.2, 0) is 6.42 Å². The first kappa shape index (κ1) is 10.8. The van der Waals surface area contributed by atoms with Crippen LogP contribution in [0.1, 0.15) is 12.0 Å². The van der Waals surface area contributed by atoms with Crippen LogP contribution in [0, 0.1) is 3.57 Å². The van der Waals surface area contributed by atoms with E-state index in [9.17, 15) is 0 Å². The molecular formula is C10H13IO2. The highest BCUT2D eigenvalue weighted by Crippen LogP contribution is 2.21. The first-order valence-electron chi connectivity index (χ1n) is 4.21. The lowest BCUT2D eigenvalue weighted by Crippen LogP contribution is -1.92. The van der Waals surface area contributed by atoms with Gasteiger partial charge in [0.2, 0.25) is 0 Å². The summed E-state index contributed by atoms with van der Waals surface area (Å²) in [6, 6.07) is 6.10. The molecule has 1 rings (SSSR count). The highest BCUT2D eigenvalue weighted by molar-refractivity contribution is 14.1. The van der Waals surface area contributed by atoms with Crippen molar-refractivity contribution < 1.29 is 9.84 Å². The average Bonchev–Trinajstić information content (AvgIpc) is 2.15. The standard InChI is InChI=1S/C10H13IO2/c1-13-10-5-4-8(3-2-6-12)7-9(10)11/h4-5,7,12H,2-3,6H2,1H3. The van der Waals surface area contributed by atoms with Gasteiger partial charge in [0.15, 0.2) is 0 Å². The van der Waals surface area contributed by atoms with E-state index in [1.807, 2.05) is 12.1 Å². The quantitative estimate of drug-likeness (QED) is 0.862. The second-order valence-corrected chi connectivity index (χ2v) is 3.96. The number of halogens is 1. The van der Waals surface area contributed by atoms with E-state index in [2.05, 4.69) is 28.7 Å². The van der Waals surface area contributed by atoms with Crippen molar-refractivity contribution in [1.29, 1.82) is 0 Å². The summed E-state index contributed by atoms with van der Waals surface area (Å²) in [7, 11) is 1.67. The monoisotopic (exact) mass is 292 g/mol. The molecule has 0 unspecified atom stereocenters. The maximum absolute atomic E-state index is 8.67. The fraction of sp³-hybridized carbons (Fsp3) is 0.400. The number of aliphatic hydroxyl groups is 1. The Balaban J connectivity index is 2.71. The van der Waals surface area contributed by atoms with Crippen molar-refractivity contribution in [3.05, 3.63) is 27.3 Å². The highest BCUT2D eigenvalue weighted by atomic mass is 127. The minimum atomic E-state index is 0.253. The molecule has 0 aromatic heterocycles. The van der Waals surface area contributed by atoms with E-state index in [0.717, 1.165) is 22.2 Å². The van der Waals surface area contributed by atoms with Gasteiger partial charge in [0, 0.05) is 6.61 Å². The average molecular weight is 292 g/mol. The lowest BCUT2D eigenvalue weighted by molar-refractivity contribution is 0.288. The molecule has 0 heterocycles. The van der Waals surface area contributed by atoms with Crippen molar-refractivity contribution in [3.8, 4) is 5.75 Å². The molecule has 0 spiro atoms.